The Bertz CT molecular complexity index is 444. The van der Waals surface area contributed by atoms with Gasteiger partial charge in [0.05, 0.1) is 10.6 Å². The Labute approximate surface area is 129 Å². The van der Waals surface area contributed by atoms with Gasteiger partial charge in [-0.05, 0) is 44.2 Å². The van der Waals surface area contributed by atoms with Crippen molar-refractivity contribution in [3.63, 3.8) is 0 Å². The third-order valence-corrected chi connectivity index (χ3v) is 4.65. The summed E-state index contributed by atoms with van der Waals surface area (Å²) in [4.78, 5) is 15.7. The topological polar surface area (TPSA) is 68.0 Å². The van der Waals surface area contributed by atoms with Gasteiger partial charge in [0.2, 0.25) is 5.91 Å². The number of amides is 1. The Balaban J connectivity index is 2.31. The summed E-state index contributed by atoms with van der Waals surface area (Å²) in [6, 6.07) is 3.66. The predicted octanol–water partition coefficient (Wildman–Crippen LogP) is 2.85. The SMILES string of the molecule is CCNC(C)(CCCCSc1ncccc1Cl)C(N)=O. The Morgan fingerprint density at radius 1 is 1.55 bits per heavy atom. The molecular formula is C14H22ClN3OS. The molecule has 0 aliphatic carbocycles. The van der Waals surface area contributed by atoms with Crippen molar-refractivity contribution < 1.29 is 4.79 Å². The highest BCUT2D eigenvalue weighted by Gasteiger charge is 2.28. The fourth-order valence-electron chi connectivity index (χ4n) is 1.92. The van der Waals surface area contributed by atoms with E-state index in [0.717, 1.165) is 36.6 Å². The van der Waals surface area contributed by atoms with Crippen LogP contribution in [0.1, 0.15) is 33.1 Å². The highest BCUT2D eigenvalue weighted by Crippen LogP contribution is 2.25. The number of carbonyl (C=O) groups is 1. The Hall–Kier alpha value is -0.780. The monoisotopic (exact) mass is 315 g/mol. The average Bonchev–Trinajstić information content (AvgIpc) is 2.40. The van der Waals surface area contributed by atoms with E-state index in [4.69, 9.17) is 17.3 Å². The molecule has 0 aliphatic rings. The number of thioether (sulfide) groups is 1. The van der Waals surface area contributed by atoms with Crippen LogP contribution in [0, 0.1) is 0 Å². The summed E-state index contributed by atoms with van der Waals surface area (Å²) in [5, 5.41) is 4.71. The second-order valence-corrected chi connectivity index (χ2v) is 6.31. The maximum atomic E-state index is 11.5. The van der Waals surface area contributed by atoms with E-state index in [1.807, 2.05) is 26.0 Å². The Morgan fingerprint density at radius 2 is 2.30 bits per heavy atom. The molecule has 3 N–H and O–H groups in total. The lowest BCUT2D eigenvalue weighted by atomic mass is 9.94. The highest BCUT2D eigenvalue weighted by molar-refractivity contribution is 7.99. The van der Waals surface area contributed by atoms with Gasteiger partial charge in [-0.1, -0.05) is 24.9 Å². The summed E-state index contributed by atoms with van der Waals surface area (Å²) in [6.07, 6.45) is 4.41. The van der Waals surface area contributed by atoms with Gasteiger partial charge in [0.15, 0.2) is 0 Å². The number of nitrogens with one attached hydrogen (secondary N) is 1. The molecule has 0 bridgehead atoms. The average molecular weight is 316 g/mol. The maximum Gasteiger partial charge on any atom is 0.237 e. The Kier molecular flexibility index (Phi) is 7.34. The largest absolute Gasteiger partial charge is 0.368 e. The van der Waals surface area contributed by atoms with Gasteiger partial charge >= 0.3 is 0 Å². The standard InChI is InChI=1S/C14H22ClN3OS/c1-3-18-14(2,13(16)19)8-4-5-10-20-12-11(15)7-6-9-17-12/h6-7,9,18H,3-5,8,10H2,1-2H3,(H2,16,19). The summed E-state index contributed by atoms with van der Waals surface area (Å²) in [6.45, 7) is 4.57. The number of unbranched alkanes of at least 4 members (excludes halogenated alkanes) is 1. The molecule has 1 aromatic heterocycles. The molecule has 1 unspecified atom stereocenters. The molecule has 0 saturated heterocycles. The second kappa shape index (κ2) is 8.49. The van der Waals surface area contributed by atoms with Crippen molar-refractivity contribution in [2.45, 2.75) is 43.7 Å². The first-order chi connectivity index (χ1) is 9.49. The zero-order valence-corrected chi connectivity index (χ0v) is 13.6. The number of hydrogen-bond donors (Lipinski definition) is 2. The number of hydrogen-bond acceptors (Lipinski definition) is 4. The normalized spacial score (nSPS) is 13.9. The molecule has 1 heterocycles. The number of halogens is 1. The number of rotatable bonds is 9. The highest BCUT2D eigenvalue weighted by atomic mass is 35.5. The van der Waals surface area contributed by atoms with Crippen LogP contribution in [0.5, 0.6) is 0 Å². The lowest BCUT2D eigenvalue weighted by Gasteiger charge is -2.26. The first kappa shape index (κ1) is 17.3. The van der Waals surface area contributed by atoms with Gasteiger partial charge in [0, 0.05) is 6.20 Å². The van der Waals surface area contributed by atoms with Crippen molar-refractivity contribution in [1.82, 2.24) is 10.3 Å². The molecule has 6 heteroatoms. The summed E-state index contributed by atoms with van der Waals surface area (Å²) in [5.74, 6) is 0.636. The van der Waals surface area contributed by atoms with E-state index in [1.54, 1.807) is 18.0 Å². The van der Waals surface area contributed by atoms with Crippen LogP contribution in [0.3, 0.4) is 0 Å². The lowest BCUT2D eigenvalue weighted by Crippen LogP contribution is -2.52. The number of nitrogens with zero attached hydrogens (tertiary/aromatic N) is 1. The molecule has 0 saturated carbocycles. The van der Waals surface area contributed by atoms with Crippen molar-refractivity contribution in [2.75, 3.05) is 12.3 Å². The second-order valence-electron chi connectivity index (χ2n) is 4.82. The number of likely N-dealkylation sites (N-methyl/N-ethyl adjacent to an activating group) is 1. The van der Waals surface area contributed by atoms with Crippen molar-refractivity contribution in [1.29, 1.82) is 0 Å². The summed E-state index contributed by atoms with van der Waals surface area (Å²) < 4.78 is 0. The Morgan fingerprint density at radius 3 is 2.90 bits per heavy atom. The molecule has 1 atom stereocenters. The van der Waals surface area contributed by atoms with Crippen molar-refractivity contribution in [2.24, 2.45) is 5.73 Å². The fraction of sp³-hybridized carbons (Fsp3) is 0.571. The van der Waals surface area contributed by atoms with Gasteiger partial charge in [-0.25, -0.2) is 4.98 Å². The molecule has 1 rings (SSSR count). The number of nitrogens with two attached hydrogens (primary N) is 1. The molecule has 0 aliphatic heterocycles. The first-order valence-corrected chi connectivity index (χ1v) is 8.14. The van der Waals surface area contributed by atoms with E-state index in [0.29, 0.717) is 5.02 Å². The predicted molar refractivity (Wildman–Crippen MR) is 85.1 cm³/mol. The van der Waals surface area contributed by atoms with Crippen LogP contribution in [0.2, 0.25) is 5.02 Å². The molecule has 4 nitrogen and oxygen atoms in total. The minimum Gasteiger partial charge on any atom is -0.368 e. The smallest absolute Gasteiger partial charge is 0.237 e. The van der Waals surface area contributed by atoms with Crippen LogP contribution in [0.15, 0.2) is 23.4 Å². The molecule has 1 amide bonds. The molecule has 0 aromatic carbocycles. The van der Waals surface area contributed by atoms with E-state index in [2.05, 4.69) is 10.3 Å². The van der Waals surface area contributed by atoms with Crippen LogP contribution in [0.25, 0.3) is 0 Å². The third kappa shape index (κ3) is 5.31. The van der Waals surface area contributed by atoms with Crippen LogP contribution in [-0.2, 0) is 4.79 Å². The lowest BCUT2D eigenvalue weighted by molar-refractivity contribution is -0.124. The molecule has 0 spiro atoms. The molecular weight excluding hydrogens is 294 g/mol. The van der Waals surface area contributed by atoms with E-state index >= 15 is 0 Å². The fourth-order valence-corrected chi connectivity index (χ4v) is 3.08. The van der Waals surface area contributed by atoms with Gasteiger partial charge in [0.25, 0.3) is 0 Å². The van der Waals surface area contributed by atoms with Crippen LogP contribution >= 0.6 is 23.4 Å². The van der Waals surface area contributed by atoms with E-state index < -0.39 is 5.54 Å². The van der Waals surface area contributed by atoms with Crippen molar-refractivity contribution in [3.8, 4) is 0 Å². The molecule has 112 valence electrons. The summed E-state index contributed by atoms with van der Waals surface area (Å²) >= 11 is 7.68. The first-order valence-electron chi connectivity index (χ1n) is 6.78. The van der Waals surface area contributed by atoms with E-state index in [9.17, 15) is 4.79 Å². The summed E-state index contributed by atoms with van der Waals surface area (Å²) in [5.41, 5.74) is 4.84. The third-order valence-electron chi connectivity index (χ3n) is 3.15. The zero-order valence-electron chi connectivity index (χ0n) is 12.0. The maximum absolute atomic E-state index is 11.5. The summed E-state index contributed by atoms with van der Waals surface area (Å²) in [7, 11) is 0. The van der Waals surface area contributed by atoms with Crippen LogP contribution in [-0.4, -0.2) is 28.7 Å². The van der Waals surface area contributed by atoms with Crippen molar-refractivity contribution in [3.05, 3.63) is 23.4 Å². The van der Waals surface area contributed by atoms with E-state index in [-0.39, 0.29) is 5.91 Å². The van der Waals surface area contributed by atoms with Crippen LogP contribution < -0.4 is 11.1 Å². The molecule has 20 heavy (non-hydrogen) atoms. The van der Waals surface area contributed by atoms with Crippen LogP contribution in [0.4, 0.5) is 0 Å². The van der Waals surface area contributed by atoms with Gasteiger partial charge < -0.3 is 11.1 Å². The number of pyridine rings is 1. The quantitative estimate of drug-likeness (QED) is 0.543. The minimum atomic E-state index is -0.609. The van der Waals surface area contributed by atoms with Gasteiger partial charge in [-0.15, -0.1) is 11.8 Å². The van der Waals surface area contributed by atoms with E-state index in [1.165, 1.54) is 0 Å². The van der Waals surface area contributed by atoms with Crippen molar-refractivity contribution >= 4 is 29.3 Å². The van der Waals surface area contributed by atoms with Gasteiger partial charge in [0.1, 0.15) is 5.03 Å². The zero-order chi connectivity index (χ0) is 15.0. The molecule has 0 radical (unpaired) electrons. The van der Waals surface area contributed by atoms with Gasteiger partial charge in [-0.2, -0.15) is 0 Å². The number of carbonyl (C=O) groups excluding carboxylic acids is 1. The number of primary amides is 1. The van der Waals surface area contributed by atoms with Gasteiger partial charge in [-0.3, -0.25) is 4.79 Å². The number of aromatic nitrogens is 1. The molecule has 0 fully saturated rings. The minimum absolute atomic E-state index is 0.292. The molecule has 1 aromatic rings.